The lowest BCUT2D eigenvalue weighted by Gasteiger charge is -2.18. The molecule has 1 aromatic carbocycles. The van der Waals surface area contributed by atoms with Crippen molar-refractivity contribution in [1.29, 1.82) is 0 Å². The minimum absolute atomic E-state index is 0.169. The zero-order chi connectivity index (χ0) is 15.2. The van der Waals surface area contributed by atoms with E-state index in [1.165, 1.54) is 33.7 Å². The van der Waals surface area contributed by atoms with Gasteiger partial charge in [0.05, 0.1) is 0 Å². The molecule has 1 heterocycles. The van der Waals surface area contributed by atoms with Gasteiger partial charge in [-0.2, -0.15) is 0 Å². The Hall–Kier alpha value is -1.19. The van der Waals surface area contributed by atoms with Crippen LogP contribution in [0.5, 0.6) is 0 Å². The van der Waals surface area contributed by atoms with Crippen LogP contribution in [-0.2, 0) is 6.54 Å². The average molecular weight is 305 g/mol. The largest absolute Gasteiger partial charge is 0.305 e. The number of nitrogens with one attached hydrogen (secondary N) is 1. The molecular formula is C18H24FNS. The summed E-state index contributed by atoms with van der Waals surface area (Å²) in [5, 5.41) is 3.64. The number of unbranched alkanes of at least 4 members (excludes halogenated alkanes) is 1. The summed E-state index contributed by atoms with van der Waals surface area (Å²) >= 11 is 1.86. The Morgan fingerprint density at radius 3 is 2.48 bits per heavy atom. The van der Waals surface area contributed by atoms with Crippen LogP contribution in [0, 0.1) is 19.7 Å². The molecule has 1 aromatic heterocycles. The molecule has 1 unspecified atom stereocenters. The van der Waals surface area contributed by atoms with Crippen molar-refractivity contribution in [2.24, 2.45) is 0 Å². The third-order valence-electron chi connectivity index (χ3n) is 3.86. The molecular weight excluding hydrogens is 281 g/mol. The summed E-state index contributed by atoms with van der Waals surface area (Å²) in [6.45, 7) is 7.40. The van der Waals surface area contributed by atoms with E-state index in [2.05, 4.69) is 32.2 Å². The molecule has 0 saturated carbocycles. The van der Waals surface area contributed by atoms with E-state index in [1.54, 1.807) is 12.1 Å². The van der Waals surface area contributed by atoms with Crippen LogP contribution < -0.4 is 5.32 Å². The summed E-state index contributed by atoms with van der Waals surface area (Å²) in [4.78, 5) is 2.76. The number of thiophene rings is 1. The molecule has 0 fully saturated rings. The van der Waals surface area contributed by atoms with Crippen molar-refractivity contribution in [1.82, 2.24) is 5.32 Å². The summed E-state index contributed by atoms with van der Waals surface area (Å²) in [6, 6.07) is 9.45. The summed E-state index contributed by atoms with van der Waals surface area (Å²) in [5.41, 5.74) is 2.54. The van der Waals surface area contributed by atoms with E-state index in [-0.39, 0.29) is 5.82 Å². The third-order valence-corrected chi connectivity index (χ3v) is 5.01. The Labute approximate surface area is 131 Å². The maximum atomic E-state index is 13.1. The molecule has 2 aromatic rings. The van der Waals surface area contributed by atoms with Gasteiger partial charge >= 0.3 is 0 Å². The molecule has 0 bridgehead atoms. The number of rotatable bonds is 7. The molecule has 0 aliphatic carbocycles. The van der Waals surface area contributed by atoms with E-state index in [0.717, 1.165) is 13.0 Å². The molecule has 114 valence electrons. The Balaban J connectivity index is 2.03. The van der Waals surface area contributed by atoms with Crippen LogP contribution in [0.1, 0.15) is 53.1 Å². The van der Waals surface area contributed by atoms with Crippen molar-refractivity contribution in [3.63, 3.8) is 0 Å². The highest BCUT2D eigenvalue weighted by Crippen LogP contribution is 2.24. The zero-order valence-corrected chi connectivity index (χ0v) is 13.9. The van der Waals surface area contributed by atoms with Crippen LogP contribution in [0.4, 0.5) is 4.39 Å². The second-order valence-electron chi connectivity index (χ2n) is 5.58. The van der Waals surface area contributed by atoms with Gasteiger partial charge in [0.15, 0.2) is 0 Å². The average Bonchev–Trinajstić information content (AvgIpc) is 2.79. The number of hydrogen-bond acceptors (Lipinski definition) is 2. The molecule has 2 rings (SSSR count). The van der Waals surface area contributed by atoms with E-state index in [1.807, 2.05) is 23.5 Å². The maximum Gasteiger partial charge on any atom is 0.123 e. The lowest BCUT2D eigenvalue weighted by molar-refractivity contribution is 0.482. The fourth-order valence-corrected chi connectivity index (χ4v) is 3.45. The first-order chi connectivity index (χ1) is 10.1. The normalized spacial score (nSPS) is 12.6. The van der Waals surface area contributed by atoms with Gasteiger partial charge in [-0.15, -0.1) is 11.3 Å². The first-order valence-corrected chi connectivity index (χ1v) is 8.46. The Morgan fingerprint density at radius 2 is 1.90 bits per heavy atom. The van der Waals surface area contributed by atoms with Gasteiger partial charge in [0.2, 0.25) is 0 Å². The number of halogens is 1. The van der Waals surface area contributed by atoms with Gasteiger partial charge < -0.3 is 5.32 Å². The minimum Gasteiger partial charge on any atom is -0.305 e. The van der Waals surface area contributed by atoms with E-state index in [0.29, 0.717) is 6.04 Å². The fourth-order valence-electron chi connectivity index (χ4n) is 2.45. The first-order valence-electron chi connectivity index (χ1n) is 7.65. The van der Waals surface area contributed by atoms with Crippen LogP contribution in [0.25, 0.3) is 0 Å². The second kappa shape index (κ2) is 7.71. The highest BCUT2D eigenvalue weighted by molar-refractivity contribution is 7.12. The molecule has 0 amide bonds. The molecule has 1 nitrogen and oxygen atoms in total. The molecule has 1 atom stereocenters. The van der Waals surface area contributed by atoms with Crippen LogP contribution in [0.3, 0.4) is 0 Å². The van der Waals surface area contributed by atoms with Gasteiger partial charge in [-0.05, 0) is 49.6 Å². The van der Waals surface area contributed by atoms with E-state index in [9.17, 15) is 4.39 Å². The molecule has 0 aliphatic heterocycles. The van der Waals surface area contributed by atoms with Gasteiger partial charge in [-0.3, -0.25) is 0 Å². The summed E-state index contributed by atoms with van der Waals surface area (Å²) in [6.07, 6.45) is 3.44. The number of benzene rings is 1. The van der Waals surface area contributed by atoms with Gasteiger partial charge in [-0.1, -0.05) is 31.9 Å². The molecule has 0 saturated heterocycles. The van der Waals surface area contributed by atoms with Crippen molar-refractivity contribution >= 4 is 11.3 Å². The van der Waals surface area contributed by atoms with Crippen LogP contribution in [-0.4, -0.2) is 0 Å². The van der Waals surface area contributed by atoms with Gasteiger partial charge in [0.1, 0.15) is 5.82 Å². The van der Waals surface area contributed by atoms with E-state index < -0.39 is 0 Å². The van der Waals surface area contributed by atoms with Crippen molar-refractivity contribution < 1.29 is 4.39 Å². The number of aryl methyl sites for hydroxylation is 2. The van der Waals surface area contributed by atoms with Crippen molar-refractivity contribution in [3.8, 4) is 0 Å². The quantitative estimate of drug-likeness (QED) is 0.709. The molecule has 0 aliphatic rings. The van der Waals surface area contributed by atoms with Crippen LogP contribution in [0.2, 0.25) is 0 Å². The maximum absolute atomic E-state index is 13.1. The number of hydrogen-bond donors (Lipinski definition) is 1. The lowest BCUT2D eigenvalue weighted by atomic mass is 10.0. The highest BCUT2D eigenvalue weighted by atomic mass is 32.1. The molecule has 1 N–H and O–H groups in total. The Morgan fingerprint density at radius 1 is 1.19 bits per heavy atom. The van der Waals surface area contributed by atoms with Gasteiger partial charge in [-0.25, -0.2) is 4.39 Å². The van der Waals surface area contributed by atoms with E-state index >= 15 is 0 Å². The van der Waals surface area contributed by atoms with Crippen LogP contribution >= 0.6 is 11.3 Å². The summed E-state index contributed by atoms with van der Waals surface area (Å²) in [5.74, 6) is -0.169. The predicted octanol–water partition coefficient (Wildman–Crippen LogP) is 5.53. The minimum atomic E-state index is -0.169. The van der Waals surface area contributed by atoms with E-state index in [4.69, 9.17) is 0 Å². The smallest absolute Gasteiger partial charge is 0.123 e. The third kappa shape index (κ3) is 4.65. The van der Waals surface area contributed by atoms with Crippen LogP contribution in [0.15, 0.2) is 30.3 Å². The molecule has 0 spiro atoms. The summed E-state index contributed by atoms with van der Waals surface area (Å²) < 4.78 is 13.1. The topological polar surface area (TPSA) is 12.0 Å². The molecule has 3 heteroatoms. The Bertz CT molecular complexity index is 540. The first kappa shape index (κ1) is 16.2. The summed E-state index contributed by atoms with van der Waals surface area (Å²) in [7, 11) is 0. The predicted molar refractivity (Wildman–Crippen MR) is 89.3 cm³/mol. The Kier molecular flexibility index (Phi) is 5.95. The highest BCUT2D eigenvalue weighted by Gasteiger charge is 2.11. The van der Waals surface area contributed by atoms with Crippen molar-refractivity contribution in [2.45, 2.75) is 52.6 Å². The van der Waals surface area contributed by atoms with Crippen molar-refractivity contribution in [2.75, 3.05) is 0 Å². The fraction of sp³-hybridized carbons (Fsp3) is 0.444. The molecule has 21 heavy (non-hydrogen) atoms. The molecule has 0 radical (unpaired) electrons. The zero-order valence-electron chi connectivity index (χ0n) is 13.1. The van der Waals surface area contributed by atoms with Gasteiger partial charge in [0.25, 0.3) is 0 Å². The second-order valence-corrected chi connectivity index (χ2v) is 6.92. The van der Waals surface area contributed by atoms with Crippen molar-refractivity contribution in [3.05, 3.63) is 57.0 Å². The lowest BCUT2D eigenvalue weighted by Crippen LogP contribution is -2.20. The monoisotopic (exact) mass is 305 g/mol. The van der Waals surface area contributed by atoms with Gasteiger partial charge in [0, 0.05) is 22.3 Å². The standard InChI is InChI=1S/C18H24FNS/c1-4-5-6-18(15-7-9-16(19)10-8-15)20-12-17-11-13(2)14(3)21-17/h7-11,18,20H,4-6,12H2,1-3H3. The SMILES string of the molecule is CCCCC(NCc1cc(C)c(C)s1)c1ccc(F)cc1.